The van der Waals surface area contributed by atoms with Crippen molar-refractivity contribution >= 4 is 10.0 Å². The first-order valence-corrected chi connectivity index (χ1v) is 6.54. The van der Waals surface area contributed by atoms with E-state index in [1.807, 2.05) is 0 Å². The van der Waals surface area contributed by atoms with E-state index >= 15 is 0 Å². The van der Waals surface area contributed by atoms with Crippen LogP contribution in [0.1, 0.15) is 11.4 Å². The maximum Gasteiger partial charge on any atom is 0.244 e. The molecule has 0 fully saturated rings. The lowest BCUT2D eigenvalue weighted by molar-refractivity contribution is 0.139. The van der Waals surface area contributed by atoms with Crippen molar-refractivity contribution in [1.82, 2.24) is 14.9 Å². The third kappa shape index (κ3) is 3.25. The fraction of sp³-hybridized carbons (Fsp3) is 0.667. The van der Waals surface area contributed by atoms with Gasteiger partial charge in [0.05, 0.1) is 30.6 Å². The van der Waals surface area contributed by atoms with Gasteiger partial charge in [0.1, 0.15) is 4.90 Å². The number of ether oxygens (including phenoxy) is 1. The molecule has 0 radical (unpaired) electrons. The second-order valence-corrected chi connectivity index (χ2v) is 5.37. The Morgan fingerprint density at radius 2 is 2.18 bits per heavy atom. The van der Waals surface area contributed by atoms with Gasteiger partial charge in [-0.1, -0.05) is 0 Å². The highest BCUT2D eigenvalue weighted by atomic mass is 32.2. The average Bonchev–Trinajstić information content (AvgIpc) is 2.58. The molecule has 0 aliphatic carbocycles. The molecule has 1 unspecified atom stereocenters. The van der Waals surface area contributed by atoms with Gasteiger partial charge in [-0.05, 0) is 13.8 Å². The van der Waals surface area contributed by atoms with E-state index in [0.29, 0.717) is 11.4 Å². The van der Waals surface area contributed by atoms with Crippen LogP contribution in [0.3, 0.4) is 0 Å². The highest BCUT2D eigenvalue weighted by Gasteiger charge is 2.25. The molecule has 0 aliphatic heterocycles. The topological polar surface area (TPSA) is 104 Å². The van der Waals surface area contributed by atoms with Crippen molar-refractivity contribution < 1.29 is 18.3 Å². The van der Waals surface area contributed by atoms with Crippen LogP contribution < -0.4 is 4.72 Å². The summed E-state index contributed by atoms with van der Waals surface area (Å²) in [6.45, 7) is 3.00. The van der Waals surface area contributed by atoms with Gasteiger partial charge in [0.15, 0.2) is 0 Å². The number of aliphatic hydroxyl groups excluding tert-OH is 1. The lowest BCUT2D eigenvalue weighted by Gasteiger charge is -2.15. The van der Waals surface area contributed by atoms with E-state index in [2.05, 4.69) is 14.9 Å². The van der Waals surface area contributed by atoms with E-state index in [0.717, 1.165) is 0 Å². The zero-order valence-corrected chi connectivity index (χ0v) is 10.8. The number of nitrogens with one attached hydrogen (secondary N) is 2. The first-order valence-electron chi connectivity index (χ1n) is 5.06. The summed E-state index contributed by atoms with van der Waals surface area (Å²) in [6, 6.07) is -0.668. The van der Waals surface area contributed by atoms with Gasteiger partial charge < -0.3 is 9.84 Å². The third-order valence-electron chi connectivity index (χ3n) is 2.24. The number of aromatic nitrogens is 2. The van der Waals surface area contributed by atoms with E-state index in [4.69, 9.17) is 9.84 Å². The Bertz CT molecular complexity index is 449. The van der Waals surface area contributed by atoms with Gasteiger partial charge in [0.25, 0.3) is 0 Å². The zero-order valence-electron chi connectivity index (χ0n) is 10.0. The number of methoxy groups -OCH3 is 1. The highest BCUT2D eigenvalue weighted by Crippen LogP contribution is 2.16. The van der Waals surface area contributed by atoms with Crippen molar-refractivity contribution in [2.24, 2.45) is 0 Å². The molecule has 0 amide bonds. The molecule has 98 valence electrons. The van der Waals surface area contributed by atoms with Crippen LogP contribution in [-0.4, -0.2) is 50.1 Å². The van der Waals surface area contributed by atoms with Crippen LogP contribution in [-0.2, 0) is 14.8 Å². The van der Waals surface area contributed by atoms with Gasteiger partial charge in [0.2, 0.25) is 10.0 Å². The summed E-state index contributed by atoms with van der Waals surface area (Å²) < 4.78 is 31.3. The molecule has 17 heavy (non-hydrogen) atoms. The lowest BCUT2D eigenvalue weighted by atomic mass is 10.4. The van der Waals surface area contributed by atoms with Crippen molar-refractivity contribution in [2.75, 3.05) is 20.3 Å². The van der Waals surface area contributed by atoms with Gasteiger partial charge in [-0.25, -0.2) is 13.1 Å². The number of nitrogens with zero attached hydrogens (tertiary/aromatic N) is 1. The number of H-pyrrole nitrogens is 1. The smallest absolute Gasteiger partial charge is 0.244 e. The molecule has 1 atom stereocenters. The monoisotopic (exact) mass is 263 g/mol. The molecule has 0 saturated heterocycles. The van der Waals surface area contributed by atoms with E-state index in [9.17, 15) is 8.42 Å². The number of aryl methyl sites for hydroxylation is 2. The molecule has 3 N–H and O–H groups in total. The highest BCUT2D eigenvalue weighted by molar-refractivity contribution is 7.89. The summed E-state index contributed by atoms with van der Waals surface area (Å²) in [7, 11) is -2.26. The second-order valence-electron chi connectivity index (χ2n) is 3.72. The minimum absolute atomic E-state index is 0.103. The molecule has 1 aromatic rings. The van der Waals surface area contributed by atoms with Crippen LogP contribution in [0, 0.1) is 13.8 Å². The van der Waals surface area contributed by atoms with E-state index in [1.165, 1.54) is 7.11 Å². The van der Waals surface area contributed by atoms with E-state index in [1.54, 1.807) is 13.8 Å². The van der Waals surface area contributed by atoms with Crippen molar-refractivity contribution in [2.45, 2.75) is 24.8 Å². The van der Waals surface area contributed by atoms with Gasteiger partial charge in [-0.3, -0.25) is 5.10 Å². The summed E-state index contributed by atoms with van der Waals surface area (Å²) in [5.74, 6) is 0. The van der Waals surface area contributed by atoms with Crippen molar-refractivity contribution in [3.63, 3.8) is 0 Å². The predicted molar refractivity (Wildman–Crippen MR) is 61.1 cm³/mol. The van der Waals surface area contributed by atoms with E-state index in [-0.39, 0.29) is 18.1 Å². The van der Waals surface area contributed by atoms with Crippen LogP contribution in [0.15, 0.2) is 4.90 Å². The molecule has 1 aromatic heterocycles. The number of hydrogen-bond donors (Lipinski definition) is 3. The summed E-state index contributed by atoms with van der Waals surface area (Å²) >= 11 is 0. The molecular weight excluding hydrogens is 246 g/mol. The van der Waals surface area contributed by atoms with Crippen LogP contribution in [0.4, 0.5) is 0 Å². The maximum absolute atomic E-state index is 12.0. The molecule has 8 heteroatoms. The fourth-order valence-electron chi connectivity index (χ4n) is 1.54. The number of sulfonamides is 1. The standard InChI is InChI=1S/C9H17N3O4S/c1-6-9(7(2)11-10-6)17(14,15)12-8(4-13)5-16-3/h8,12-13H,4-5H2,1-3H3,(H,10,11). The van der Waals surface area contributed by atoms with E-state index < -0.39 is 16.1 Å². The van der Waals surface area contributed by atoms with Crippen LogP contribution in [0.2, 0.25) is 0 Å². The Morgan fingerprint density at radius 1 is 1.53 bits per heavy atom. The molecule has 1 heterocycles. The largest absolute Gasteiger partial charge is 0.395 e. The zero-order chi connectivity index (χ0) is 13.1. The number of aliphatic hydroxyl groups is 1. The summed E-state index contributed by atoms with van der Waals surface area (Å²) in [5, 5.41) is 15.5. The Hall–Kier alpha value is -0.960. The summed E-state index contributed by atoms with van der Waals surface area (Å²) in [6.07, 6.45) is 0. The molecule has 0 aliphatic rings. The van der Waals surface area contributed by atoms with Gasteiger partial charge >= 0.3 is 0 Å². The SMILES string of the molecule is COCC(CO)NS(=O)(=O)c1c(C)n[nH]c1C. The summed E-state index contributed by atoms with van der Waals surface area (Å²) in [5.41, 5.74) is 0.855. The molecule has 0 saturated carbocycles. The first kappa shape index (κ1) is 14.1. The number of aromatic amines is 1. The quantitative estimate of drug-likeness (QED) is 0.630. The number of hydrogen-bond acceptors (Lipinski definition) is 5. The van der Waals surface area contributed by atoms with Gasteiger partial charge in [-0.15, -0.1) is 0 Å². The third-order valence-corrected chi connectivity index (χ3v) is 4.02. The minimum atomic E-state index is -3.70. The molecule has 0 aromatic carbocycles. The molecule has 0 spiro atoms. The molecule has 7 nitrogen and oxygen atoms in total. The van der Waals surface area contributed by atoms with Crippen LogP contribution in [0.5, 0.6) is 0 Å². The Morgan fingerprint density at radius 3 is 2.59 bits per heavy atom. The Balaban J connectivity index is 2.96. The second kappa shape index (κ2) is 5.58. The average molecular weight is 263 g/mol. The van der Waals surface area contributed by atoms with Crippen molar-refractivity contribution in [3.8, 4) is 0 Å². The number of rotatable bonds is 6. The predicted octanol–water partition coefficient (Wildman–Crippen LogP) is -0.688. The van der Waals surface area contributed by atoms with Crippen LogP contribution >= 0.6 is 0 Å². The maximum atomic E-state index is 12.0. The van der Waals surface area contributed by atoms with Gasteiger partial charge in [-0.2, -0.15) is 5.10 Å². The van der Waals surface area contributed by atoms with Crippen LogP contribution in [0.25, 0.3) is 0 Å². The van der Waals surface area contributed by atoms with Crippen molar-refractivity contribution in [1.29, 1.82) is 0 Å². The van der Waals surface area contributed by atoms with Gasteiger partial charge in [0, 0.05) is 7.11 Å². The Labute approximate surface area is 100 Å². The molecule has 0 bridgehead atoms. The molecular formula is C9H17N3O4S. The normalized spacial score (nSPS) is 13.9. The molecule has 1 rings (SSSR count). The first-order chi connectivity index (χ1) is 7.92. The summed E-state index contributed by atoms with van der Waals surface area (Å²) in [4.78, 5) is 0.118. The minimum Gasteiger partial charge on any atom is -0.395 e. The van der Waals surface area contributed by atoms with Crippen molar-refractivity contribution in [3.05, 3.63) is 11.4 Å². The Kier molecular flexibility index (Phi) is 4.63. The fourth-order valence-corrected chi connectivity index (χ4v) is 3.12. The lowest BCUT2D eigenvalue weighted by Crippen LogP contribution is -2.40.